The van der Waals surface area contributed by atoms with Crippen molar-refractivity contribution in [2.45, 2.75) is 79.0 Å². The number of likely N-dealkylation sites (tertiary alicyclic amines) is 1. The van der Waals surface area contributed by atoms with Crippen molar-refractivity contribution in [2.24, 2.45) is 34.6 Å². The van der Waals surface area contributed by atoms with E-state index in [1.54, 1.807) is 18.1 Å². The summed E-state index contributed by atoms with van der Waals surface area (Å²) in [6, 6.07) is 3.84. The molecule has 9 nitrogen and oxygen atoms in total. The Kier molecular flexibility index (Phi) is 11.6. The summed E-state index contributed by atoms with van der Waals surface area (Å²) in [7, 11) is 1.77. The van der Waals surface area contributed by atoms with Crippen molar-refractivity contribution in [2.75, 3.05) is 33.4 Å². The molecule has 1 fully saturated rings. The molecule has 1 aromatic heterocycles. The van der Waals surface area contributed by atoms with E-state index >= 15 is 0 Å². The number of aliphatic hydroxyl groups excluding tert-OH is 1. The minimum Gasteiger partial charge on any atom is -0.492 e. The Balaban J connectivity index is 1.45. The van der Waals surface area contributed by atoms with E-state index in [-0.39, 0.29) is 36.6 Å². The van der Waals surface area contributed by atoms with Crippen LogP contribution in [-0.2, 0) is 9.63 Å². The molecule has 0 spiro atoms. The molecule has 2 heterocycles. The molecule has 218 valence electrons. The van der Waals surface area contributed by atoms with Crippen molar-refractivity contribution in [1.82, 2.24) is 14.8 Å². The van der Waals surface area contributed by atoms with Crippen molar-refractivity contribution in [1.29, 1.82) is 0 Å². The number of pyridine rings is 1. The number of hydrogen-bond donors (Lipinski definition) is 2. The largest absolute Gasteiger partial charge is 0.492 e. The van der Waals surface area contributed by atoms with Crippen molar-refractivity contribution in [3.63, 3.8) is 0 Å². The zero-order valence-electron chi connectivity index (χ0n) is 24.7. The van der Waals surface area contributed by atoms with Gasteiger partial charge in [-0.25, -0.2) is 0 Å². The van der Waals surface area contributed by atoms with Crippen LogP contribution >= 0.6 is 0 Å². The van der Waals surface area contributed by atoms with Gasteiger partial charge in [-0.15, -0.1) is 0 Å². The van der Waals surface area contributed by atoms with E-state index in [1.165, 1.54) is 5.57 Å². The third kappa shape index (κ3) is 8.67. The molecule has 0 saturated carbocycles. The van der Waals surface area contributed by atoms with Gasteiger partial charge in [0.2, 0.25) is 5.91 Å². The topological polar surface area (TPSA) is 114 Å². The van der Waals surface area contributed by atoms with Crippen LogP contribution in [0.3, 0.4) is 0 Å². The van der Waals surface area contributed by atoms with Gasteiger partial charge in [0, 0.05) is 37.9 Å². The predicted octanol–water partition coefficient (Wildman–Crippen LogP) is 4.12. The van der Waals surface area contributed by atoms with Crippen LogP contribution in [0.5, 0.6) is 5.75 Å². The minimum atomic E-state index is -0.162. The van der Waals surface area contributed by atoms with Gasteiger partial charge in [-0.05, 0) is 62.7 Å². The van der Waals surface area contributed by atoms with E-state index in [1.807, 2.05) is 32.9 Å². The van der Waals surface area contributed by atoms with Gasteiger partial charge in [-0.2, -0.15) is 0 Å². The van der Waals surface area contributed by atoms with Crippen LogP contribution in [0.15, 0.2) is 29.6 Å². The summed E-state index contributed by atoms with van der Waals surface area (Å²) < 4.78 is 6.10. The maximum Gasteiger partial charge on any atom is 0.226 e. The first-order valence-corrected chi connectivity index (χ1v) is 14.5. The monoisotopic (exact) mass is 543 g/mol. The van der Waals surface area contributed by atoms with Crippen LogP contribution in [0.4, 0.5) is 0 Å². The van der Waals surface area contributed by atoms with Gasteiger partial charge in [0.05, 0.1) is 31.1 Å². The second kappa shape index (κ2) is 14.7. The van der Waals surface area contributed by atoms with Gasteiger partial charge in [0.1, 0.15) is 11.6 Å². The molecular weight excluding hydrogens is 494 g/mol. The maximum atomic E-state index is 12.7. The Morgan fingerprint density at radius 1 is 1.21 bits per heavy atom. The molecule has 0 aromatic carbocycles. The number of rotatable bonds is 12. The molecule has 0 bridgehead atoms. The van der Waals surface area contributed by atoms with Gasteiger partial charge in [0.15, 0.2) is 6.23 Å². The third-order valence-corrected chi connectivity index (χ3v) is 8.02. The first kappa shape index (κ1) is 30.9. The first-order chi connectivity index (χ1) is 18.6. The third-order valence-electron chi connectivity index (χ3n) is 8.02. The zero-order chi connectivity index (χ0) is 28.5. The number of carbonyl (C=O) groups excluding carboxylic acids is 1. The summed E-state index contributed by atoms with van der Waals surface area (Å²) in [4.78, 5) is 27.2. The van der Waals surface area contributed by atoms with E-state index < -0.39 is 0 Å². The number of aromatic nitrogens is 1. The molecule has 2 aliphatic rings. The number of amides is 1. The molecule has 0 radical (unpaired) electrons. The number of hydrogen-bond acceptors (Lipinski definition) is 7. The SMILES string of the molecule is CC(C)/C(N)=N/OC(C(C)C)N1CCC(COc2ccc(C3=CCC(C(=O)N(C)[C@H](C)CO)CC3)nc2)CC1. The number of nitrogens with zero attached hydrogens (tertiary/aromatic N) is 4. The second-order valence-electron chi connectivity index (χ2n) is 11.8. The molecule has 3 atom stereocenters. The van der Waals surface area contributed by atoms with Crippen LogP contribution in [0.1, 0.15) is 72.4 Å². The van der Waals surface area contributed by atoms with Crippen LogP contribution in [0.2, 0.25) is 0 Å². The summed E-state index contributed by atoms with van der Waals surface area (Å²) in [6.45, 7) is 12.7. The molecule has 1 saturated heterocycles. The van der Waals surface area contributed by atoms with E-state index in [0.29, 0.717) is 30.7 Å². The van der Waals surface area contributed by atoms with Crippen molar-refractivity contribution in [3.8, 4) is 5.75 Å². The Bertz CT molecular complexity index is 970. The number of amidine groups is 1. The Labute approximate surface area is 234 Å². The highest BCUT2D eigenvalue weighted by Crippen LogP contribution is 2.31. The van der Waals surface area contributed by atoms with Crippen LogP contribution in [0, 0.1) is 23.7 Å². The van der Waals surface area contributed by atoms with Crippen molar-refractivity contribution < 1.29 is 19.5 Å². The number of likely N-dealkylation sites (N-methyl/N-ethyl adjacent to an activating group) is 1. The molecule has 3 rings (SSSR count). The van der Waals surface area contributed by atoms with E-state index in [4.69, 9.17) is 15.3 Å². The quantitative estimate of drug-likeness (QED) is 0.232. The average Bonchev–Trinajstić information content (AvgIpc) is 2.95. The first-order valence-electron chi connectivity index (χ1n) is 14.5. The average molecular weight is 544 g/mol. The van der Waals surface area contributed by atoms with Gasteiger partial charge < -0.3 is 25.3 Å². The molecule has 39 heavy (non-hydrogen) atoms. The fourth-order valence-corrected chi connectivity index (χ4v) is 4.99. The highest BCUT2D eigenvalue weighted by atomic mass is 16.7. The zero-order valence-corrected chi connectivity index (χ0v) is 24.7. The van der Waals surface area contributed by atoms with Crippen LogP contribution < -0.4 is 10.5 Å². The lowest BCUT2D eigenvalue weighted by Gasteiger charge is -2.37. The summed E-state index contributed by atoms with van der Waals surface area (Å²) in [5.74, 6) is 2.35. The highest BCUT2D eigenvalue weighted by molar-refractivity contribution is 5.81. The normalized spacial score (nSPS) is 21.0. The molecule has 1 aromatic rings. The summed E-state index contributed by atoms with van der Waals surface area (Å²) in [5, 5.41) is 13.5. The lowest BCUT2D eigenvalue weighted by molar-refractivity contribution is -0.137. The Morgan fingerprint density at radius 2 is 1.92 bits per heavy atom. The maximum absolute atomic E-state index is 12.7. The predicted molar refractivity (Wildman–Crippen MR) is 155 cm³/mol. The molecule has 2 unspecified atom stereocenters. The summed E-state index contributed by atoms with van der Waals surface area (Å²) >= 11 is 0. The second-order valence-corrected chi connectivity index (χ2v) is 11.8. The van der Waals surface area contributed by atoms with E-state index in [9.17, 15) is 9.90 Å². The standard InChI is InChI=1S/C30H49N5O4/c1-20(2)28(31)33-39-30(21(3)4)35-15-13-23(14-16-35)19-38-26-11-12-27(32-17-26)24-7-9-25(10-8-24)29(37)34(6)22(5)18-36/h7,11-12,17,20-23,25,30,36H,8-10,13-16,18-19H2,1-6H3,(H2,31,33)/t22-,25?,30?/m1/s1. The van der Waals surface area contributed by atoms with E-state index in [0.717, 1.165) is 50.2 Å². The van der Waals surface area contributed by atoms with Crippen LogP contribution in [0.25, 0.3) is 5.57 Å². The number of allylic oxidation sites excluding steroid dienone is 2. The van der Waals surface area contributed by atoms with E-state index in [2.05, 4.69) is 35.0 Å². The lowest BCUT2D eigenvalue weighted by Crippen LogP contribution is -2.45. The smallest absolute Gasteiger partial charge is 0.226 e. The highest BCUT2D eigenvalue weighted by Gasteiger charge is 2.30. The van der Waals surface area contributed by atoms with Crippen LogP contribution in [-0.4, -0.2) is 77.3 Å². The number of piperidine rings is 1. The van der Waals surface area contributed by atoms with Gasteiger partial charge in [0.25, 0.3) is 0 Å². The molecule has 1 amide bonds. The molecule has 9 heteroatoms. The van der Waals surface area contributed by atoms with Crippen molar-refractivity contribution in [3.05, 3.63) is 30.1 Å². The fourth-order valence-electron chi connectivity index (χ4n) is 4.99. The summed E-state index contributed by atoms with van der Waals surface area (Å²) in [5.41, 5.74) is 8.09. The molecule has 3 N–H and O–H groups in total. The molecule has 1 aliphatic heterocycles. The number of carbonyl (C=O) groups is 1. The summed E-state index contributed by atoms with van der Waals surface area (Å²) in [6.07, 6.45) is 8.27. The minimum absolute atomic E-state index is 0.0227. The van der Waals surface area contributed by atoms with Crippen molar-refractivity contribution >= 4 is 17.3 Å². The van der Waals surface area contributed by atoms with Gasteiger partial charge in [-0.3, -0.25) is 14.7 Å². The molecule has 1 aliphatic carbocycles. The Hall–Kier alpha value is -2.65. The number of aliphatic hydroxyl groups is 1. The Morgan fingerprint density at radius 3 is 2.46 bits per heavy atom. The number of oxime groups is 1. The fraction of sp³-hybridized carbons (Fsp3) is 0.700. The molecular formula is C30H49N5O4. The van der Waals surface area contributed by atoms with Gasteiger partial charge >= 0.3 is 0 Å². The lowest BCUT2D eigenvalue weighted by atomic mass is 9.87. The number of nitrogens with two attached hydrogens (primary N) is 1. The number of ether oxygens (including phenoxy) is 1. The van der Waals surface area contributed by atoms with Gasteiger partial charge in [-0.1, -0.05) is 38.9 Å².